The van der Waals surface area contributed by atoms with E-state index in [1.54, 1.807) is 0 Å². The fraction of sp³-hybridized carbons (Fsp3) is 0.190. The zero-order valence-electron chi connectivity index (χ0n) is 14.6. The number of fused-ring (bicyclic) bond motifs is 2. The molecule has 0 fully saturated rings. The maximum Gasteiger partial charge on any atom is 0.0936 e. The Bertz CT molecular complexity index is 1160. The number of nitrogens with one attached hydrogen (secondary N) is 1. The summed E-state index contributed by atoms with van der Waals surface area (Å²) in [6, 6.07) is 14.8. The molecule has 0 bridgehead atoms. The Kier molecular flexibility index (Phi) is 3.53. The van der Waals surface area contributed by atoms with Crippen molar-refractivity contribution in [2.24, 2.45) is 7.05 Å². The summed E-state index contributed by atoms with van der Waals surface area (Å²) in [5.74, 6) is 0. The van der Waals surface area contributed by atoms with Crippen LogP contribution in [0.2, 0.25) is 0 Å². The predicted molar refractivity (Wildman–Crippen MR) is 105 cm³/mol. The molecule has 0 aliphatic carbocycles. The molecule has 0 radical (unpaired) electrons. The average molecular weight is 341 g/mol. The molecule has 0 saturated carbocycles. The second kappa shape index (κ2) is 6.04. The van der Waals surface area contributed by atoms with Gasteiger partial charge >= 0.3 is 0 Å². The molecule has 1 aliphatic heterocycles. The number of hydrogen-bond donors (Lipinski definition) is 1. The van der Waals surface area contributed by atoms with Crippen molar-refractivity contribution in [3.05, 3.63) is 60.3 Å². The van der Waals surface area contributed by atoms with Crippen LogP contribution in [-0.4, -0.2) is 33.1 Å². The first-order valence-corrected chi connectivity index (χ1v) is 8.88. The molecule has 0 amide bonds. The van der Waals surface area contributed by atoms with Crippen molar-refractivity contribution in [3.63, 3.8) is 0 Å². The van der Waals surface area contributed by atoms with Gasteiger partial charge in [0, 0.05) is 36.1 Å². The van der Waals surface area contributed by atoms with Crippen molar-refractivity contribution in [1.29, 1.82) is 0 Å². The van der Waals surface area contributed by atoms with Crippen molar-refractivity contribution < 1.29 is 0 Å². The van der Waals surface area contributed by atoms with E-state index in [1.807, 2.05) is 24.0 Å². The molecule has 4 aromatic rings. The van der Waals surface area contributed by atoms with Gasteiger partial charge in [0.15, 0.2) is 0 Å². The van der Waals surface area contributed by atoms with Crippen LogP contribution in [0, 0.1) is 0 Å². The van der Waals surface area contributed by atoms with Gasteiger partial charge in [-0.1, -0.05) is 24.3 Å². The summed E-state index contributed by atoms with van der Waals surface area (Å²) in [5.41, 5.74) is 6.51. The van der Waals surface area contributed by atoms with Crippen molar-refractivity contribution in [2.45, 2.75) is 6.42 Å². The van der Waals surface area contributed by atoms with E-state index in [2.05, 4.69) is 63.1 Å². The maximum absolute atomic E-state index is 4.48. The summed E-state index contributed by atoms with van der Waals surface area (Å²) in [6.45, 7) is 1.97. The molecule has 5 rings (SSSR count). The zero-order chi connectivity index (χ0) is 17.5. The molecule has 0 spiro atoms. The predicted octanol–water partition coefficient (Wildman–Crippen LogP) is 3.56. The molecule has 128 valence electrons. The summed E-state index contributed by atoms with van der Waals surface area (Å²) in [4.78, 5) is 0. The second-order valence-electron chi connectivity index (χ2n) is 6.76. The Morgan fingerprint density at radius 3 is 2.73 bits per heavy atom. The van der Waals surface area contributed by atoms with E-state index in [4.69, 9.17) is 0 Å². The number of benzene rings is 2. The van der Waals surface area contributed by atoms with Crippen LogP contribution in [-0.2, 0) is 7.05 Å². The van der Waals surface area contributed by atoms with Gasteiger partial charge in [0.1, 0.15) is 0 Å². The van der Waals surface area contributed by atoms with Crippen LogP contribution in [0.15, 0.2) is 54.7 Å². The minimum Gasteiger partial charge on any atom is -0.313 e. The second-order valence-corrected chi connectivity index (χ2v) is 6.76. The average Bonchev–Trinajstić information content (AvgIpc) is 3.07. The molecular weight excluding hydrogens is 322 g/mol. The summed E-state index contributed by atoms with van der Waals surface area (Å²) in [6.07, 6.45) is 5.34. The molecule has 26 heavy (non-hydrogen) atoms. The van der Waals surface area contributed by atoms with Crippen LogP contribution in [0.25, 0.3) is 38.6 Å². The van der Waals surface area contributed by atoms with Crippen LogP contribution < -0.4 is 5.32 Å². The number of aromatic nitrogens is 4. The highest BCUT2D eigenvalue weighted by Gasteiger charge is 2.09. The lowest BCUT2D eigenvalue weighted by Crippen LogP contribution is -2.19. The SMILES string of the molecule is Cn1cc2cc(-c3cc4ccc(C5=CCNCC5)cc4nn3)ccc2n1. The van der Waals surface area contributed by atoms with Gasteiger partial charge in [0.05, 0.1) is 16.7 Å². The standard InChI is InChI=1S/C21H19N5/c1-26-13-18-10-16(4-5-19(18)25-26)21-12-17-3-2-15(11-20(17)23-24-21)14-6-8-22-9-7-14/h2-6,10-13,22H,7-9H2,1H3. The largest absolute Gasteiger partial charge is 0.313 e. The molecule has 1 N–H and O–H groups in total. The molecule has 1 aliphatic rings. The monoisotopic (exact) mass is 341 g/mol. The van der Waals surface area contributed by atoms with Crippen molar-refractivity contribution in [1.82, 2.24) is 25.3 Å². The molecule has 0 atom stereocenters. The fourth-order valence-corrected chi connectivity index (χ4v) is 3.57. The number of hydrogen-bond acceptors (Lipinski definition) is 4. The first-order chi connectivity index (χ1) is 12.8. The van der Waals surface area contributed by atoms with Crippen LogP contribution in [0.5, 0.6) is 0 Å². The van der Waals surface area contributed by atoms with Gasteiger partial charge in [0.2, 0.25) is 0 Å². The Labute approximate surface area is 151 Å². The van der Waals surface area contributed by atoms with Gasteiger partial charge in [-0.3, -0.25) is 4.68 Å². The third-order valence-corrected chi connectivity index (χ3v) is 4.94. The zero-order valence-corrected chi connectivity index (χ0v) is 14.6. The third-order valence-electron chi connectivity index (χ3n) is 4.94. The van der Waals surface area contributed by atoms with E-state index in [0.29, 0.717) is 0 Å². The van der Waals surface area contributed by atoms with E-state index >= 15 is 0 Å². The van der Waals surface area contributed by atoms with E-state index < -0.39 is 0 Å². The quantitative estimate of drug-likeness (QED) is 0.606. The summed E-state index contributed by atoms with van der Waals surface area (Å²) < 4.78 is 1.83. The highest BCUT2D eigenvalue weighted by molar-refractivity contribution is 5.88. The number of aryl methyl sites for hydroxylation is 1. The van der Waals surface area contributed by atoms with Crippen molar-refractivity contribution in [2.75, 3.05) is 13.1 Å². The maximum atomic E-state index is 4.48. The van der Waals surface area contributed by atoms with Gasteiger partial charge < -0.3 is 5.32 Å². The van der Waals surface area contributed by atoms with Crippen LogP contribution in [0.3, 0.4) is 0 Å². The Morgan fingerprint density at radius 2 is 1.85 bits per heavy atom. The highest BCUT2D eigenvalue weighted by atomic mass is 15.2. The topological polar surface area (TPSA) is 55.6 Å². The van der Waals surface area contributed by atoms with Gasteiger partial charge in [-0.2, -0.15) is 5.10 Å². The number of nitrogens with zero attached hydrogens (tertiary/aromatic N) is 4. The normalized spacial score (nSPS) is 14.7. The van der Waals surface area contributed by atoms with E-state index in [1.165, 1.54) is 11.1 Å². The third kappa shape index (κ3) is 2.66. The number of rotatable bonds is 2. The van der Waals surface area contributed by atoms with Gasteiger partial charge in [-0.25, -0.2) is 0 Å². The molecule has 0 saturated heterocycles. The van der Waals surface area contributed by atoms with Crippen LogP contribution >= 0.6 is 0 Å². The summed E-state index contributed by atoms with van der Waals surface area (Å²) in [5, 5.41) is 18.9. The van der Waals surface area contributed by atoms with Crippen molar-refractivity contribution in [3.8, 4) is 11.3 Å². The molecule has 5 nitrogen and oxygen atoms in total. The minimum atomic E-state index is 0.886. The summed E-state index contributed by atoms with van der Waals surface area (Å²) >= 11 is 0. The first kappa shape index (κ1) is 15.2. The van der Waals surface area contributed by atoms with E-state index in [-0.39, 0.29) is 0 Å². The fourth-order valence-electron chi connectivity index (χ4n) is 3.57. The van der Waals surface area contributed by atoms with E-state index in [0.717, 1.165) is 52.6 Å². The summed E-state index contributed by atoms with van der Waals surface area (Å²) in [7, 11) is 1.94. The van der Waals surface area contributed by atoms with Crippen LogP contribution in [0.4, 0.5) is 0 Å². The molecule has 5 heteroatoms. The van der Waals surface area contributed by atoms with Gasteiger partial charge in [-0.15, -0.1) is 10.2 Å². The molecule has 0 unspecified atom stereocenters. The smallest absolute Gasteiger partial charge is 0.0936 e. The lowest BCUT2D eigenvalue weighted by Gasteiger charge is -2.14. The molecule has 2 aromatic heterocycles. The first-order valence-electron chi connectivity index (χ1n) is 8.88. The molecule has 3 heterocycles. The lowest BCUT2D eigenvalue weighted by molar-refractivity contribution is 0.738. The Hall–Kier alpha value is -3.05. The lowest BCUT2D eigenvalue weighted by atomic mass is 9.98. The molecular formula is C21H19N5. The molecule has 2 aromatic carbocycles. The van der Waals surface area contributed by atoms with E-state index in [9.17, 15) is 0 Å². The minimum absolute atomic E-state index is 0.886. The van der Waals surface area contributed by atoms with Crippen molar-refractivity contribution >= 4 is 27.4 Å². The van der Waals surface area contributed by atoms with Gasteiger partial charge in [-0.05, 0) is 48.4 Å². The van der Waals surface area contributed by atoms with Crippen LogP contribution in [0.1, 0.15) is 12.0 Å². The highest BCUT2D eigenvalue weighted by Crippen LogP contribution is 2.27. The van der Waals surface area contributed by atoms with Gasteiger partial charge in [0.25, 0.3) is 0 Å². The Morgan fingerprint density at radius 1 is 0.923 bits per heavy atom. The Balaban J connectivity index is 1.55.